The molecule has 0 saturated carbocycles. The maximum Gasteiger partial charge on any atom is 0.459 e. The number of pyridine rings is 1. The van der Waals surface area contributed by atoms with Crippen molar-refractivity contribution < 1.29 is 33.0 Å². The van der Waals surface area contributed by atoms with E-state index < -0.39 is 32.1 Å². The summed E-state index contributed by atoms with van der Waals surface area (Å²) in [5.74, 6) is 0.208. The molecule has 12 nitrogen and oxygen atoms in total. The number of unbranched alkanes of at least 4 members (excludes halogenated alkanes) is 1. The van der Waals surface area contributed by atoms with Crippen LogP contribution in [0.1, 0.15) is 46.4 Å². The number of imidazole rings is 1. The Morgan fingerprint density at radius 2 is 1.78 bits per heavy atom. The fourth-order valence-corrected chi connectivity index (χ4v) is 6.75. The second-order valence-corrected chi connectivity index (χ2v) is 12.8. The molecule has 3 atom stereocenters. The maximum absolute atomic E-state index is 14.5. The van der Waals surface area contributed by atoms with Crippen LogP contribution in [0.5, 0.6) is 5.75 Å². The molecule has 5 rings (SSSR count). The summed E-state index contributed by atoms with van der Waals surface area (Å²) in [5.41, 5.74) is 5.96. The van der Waals surface area contributed by atoms with E-state index in [9.17, 15) is 14.5 Å². The predicted octanol–water partition coefficient (Wildman–Crippen LogP) is 6.05. The number of carbonyl (C=O) groups excluding carboxylic acids is 1. The Balaban J connectivity index is 1.53. The van der Waals surface area contributed by atoms with Crippen molar-refractivity contribution in [2.24, 2.45) is 0 Å². The topological polar surface area (TPSA) is 160 Å². The van der Waals surface area contributed by atoms with Crippen molar-refractivity contribution in [1.82, 2.24) is 19.6 Å². The number of aromatic nitrogens is 3. The highest BCUT2D eigenvalue weighted by molar-refractivity contribution is 7.52. The molecule has 0 radical (unpaired) electrons. The number of benzene rings is 3. The van der Waals surface area contributed by atoms with Gasteiger partial charge in [-0.25, -0.2) is 14.5 Å². The van der Waals surface area contributed by atoms with Gasteiger partial charge in [0.15, 0.2) is 11.5 Å². The first kappa shape index (κ1) is 33.3. The molecule has 0 aliphatic heterocycles. The highest BCUT2D eigenvalue weighted by atomic mass is 31.2. The van der Waals surface area contributed by atoms with Crippen molar-refractivity contribution in [3.8, 4) is 5.75 Å². The minimum Gasteiger partial charge on any atom is -0.465 e. The molecule has 2 heterocycles. The Labute approximate surface area is 267 Å². The molecule has 5 aromatic rings. The van der Waals surface area contributed by atoms with Crippen LogP contribution in [0.3, 0.4) is 0 Å². The third-order valence-corrected chi connectivity index (χ3v) is 9.04. The first-order valence-corrected chi connectivity index (χ1v) is 16.8. The van der Waals surface area contributed by atoms with Gasteiger partial charge in [0.2, 0.25) is 0 Å². The average molecular weight is 650 g/mol. The number of carbonyl (C=O) groups is 1. The number of anilines is 1. The molecule has 0 aliphatic carbocycles. The molecule has 46 heavy (non-hydrogen) atoms. The number of nitrogens with two attached hydrogens (primary N) is 1. The first-order valence-electron chi connectivity index (χ1n) is 15.3. The van der Waals surface area contributed by atoms with Gasteiger partial charge in [-0.3, -0.25) is 13.9 Å². The van der Waals surface area contributed by atoms with Gasteiger partial charge in [0.1, 0.15) is 36.3 Å². The summed E-state index contributed by atoms with van der Waals surface area (Å²) in [7, 11) is -4.36. The Morgan fingerprint density at radius 3 is 2.54 bits per heavy atom. The van der Waals surface area contributed by atoms with E-state index in [0.717, 1.165) is 11.8 Å². The zero-order valence-corrected chi connectivity index (χ0v) is 27.3. The van der Waals surface area contributed by atoms with Crippen LogP contribution in [-0.4, -0.2) is 51.5 Å². The Morgan fingerprint density at radius 1 is 1.07 bits per heavy atom. The lowest BCUT2D eigenvalue weighted by atomic mass is 10.1. The number of nitrogen functional groups attached to an aromatic ring is 1. The van der Waals surface area contributed by atoms with Gasteiger partial charge >= 0.3 is 13.7 Å². The maximum atomic E-state index is 14.5. The molecule has 2 aromatic heterocycles. The fourth-order valence-electron chi connectivity index (χ4n) is 5.16. The van der Waals surface area contributed by atoms with Crippen LogP contribution in [0.25, 0.3) is 32.7 Å². The van der Waals surface area contributed by atoms with Crippen LogP contribution >= 0.6 is 7.75 Å². The average Bonchev–Trinajstić information content (AvgIpc) is 3.45. The minimum atomic E-state index is -4.36. The molecule has 13 heteroatoms. The number of fused-ring (bicyclic) bond motifs is 4. The van der Waals surface area contributed by atoms with E-state index in [2.05, 4.69) is 15.1 Å². The van der Waals surface area contributed by atoms with Crippen LogP contribution in [0.4, 0.5) is 5.82 Å². The third-order valence-electron chi connectivity index (χ3n) is 7.43. The summed E-state index contributed by atoms with van der Waals surface area (Å²) < 4.78 is 39.2. The largest absolute Gasteiger partial charge is 0.465 e. The van der Waals surface area contributed by atoms with Crippen LogP contribution in [0, 0.1) is 0 Å². The normalized spacial score (nSPS) is 15.1. The summed E-state index contributed by atoms with van der Waals surface area (Å²) in [6.45, 7) is 6.99. The van der Waals surface area contributed by atoms with Gasteiger partial charge in [-0.2, -0.15) is 5.09 Å². The number of nitrogens with zero attached hydrogens (tertiary/aromatic N) is 3. The first-order chi connectivity index (χ1) is 22.1. The van der Waals surface area contributed by atoms with E-state index in [4.69, 9.17) is 24.3 Å². The number of hydrogen-bond acceptors (Lipinski definition) is 10. The zero-order chi connectivity index (χ0) is 32.9. The zero-order valence-electron chi connectivity index (χ0n) is 26.4. The van der Waals surface area contributed by atoms with E-state index in [1.54, 1.807) is 16.7 Å². The van der Waals surface area contributed by atoms with E-state index >= 15 is 0 Å². The molecule has 0 bridgehead atoms. The van der Waals surface area contributed by atoms with Crippen molar-refractivity contribution in [2.75, 3.05) is 25.6 Å². The molecule has 244 valence electrons. The summed E-state index contributed by atoms with van der Waals surface area (Å²) in [5, 5.41) is 17.0. The van der Waals surface area contributed by atoms with Gasteiger partial charge < -0.3 is 24.8 Å². The quantitative estimate of drug-likeness (QED) is 0.0689. The highest BCUT2D eigenvalue weighted by Crippen LogP contribution is 2.48. The van der Waals surface area contributed by atoms with Crippen molar-refractivity contribution in [1.29, 1.82) is 0 Å². The molecule has 0 fully saturated rings. The summed E-state index contributed by atoms with van der Waals surface area (Å²) in [4.78, 5) is 21.9. The molecule has 3 aromatic carbocycles. The van der Waals surface area contributed by atoms with Gasteiger partial charge in [0.25, 0.3) is 0 Å². The van der Waals surface area contributed by atoms with Crippen LogP contribution in [0.15, 0.2) is 66.7 Å². The van der Waals surface area contributed by atoms with Crippen molar-refractivity contribution >= 4 is 52.2 Å². The molecule has 1 unspecified atom stereocenters. The van der Waals surface area contributed by atoms with E-state index in [-0.39, 0.29) is 24.8 Å². The molecule has 0 aliphatic rings. The number of hydrogen-bond donors (Lipinski definition) is 3. The highest BCUT2D eigenvalue weighted by Gasteiger charge is 2.38. The van der Waals surface area contributed by atoms with Crippen LogP contribution in [-0.2, 0) is 35.7 Å². The second kappa shape index (κ2) is 14.1. The molecular weight excluding hydrogens is 609 g/mol. The van der Waals surface area contributed by atoms with Crippen molar-refractivity contribution in [2.45, 2.75) is 58.9 Å². The van der Waals surface area contributed by atoms with E-state index in [0.29, 0.717) is 46.2 Å². The second-order valence-electron chi connectivity index (χ2n) is 11.1. The monoisotopic (exact) mass is 649 g/mol. The molecule has 4 N–H and O–H groups in total. The van der Waals surface area contributed by atoms with Gasteiger partial charge in [-0.1, -0.05) is 67.9 Å². The number of ether oxygens (including phenoxy) is 2. The van der Waals surface area contributed by atoms with E-state index in [1.165, 1.54) is 13.8 Å². The number of rotatable bonds is 15. The lowest BCUT2D eigenvalue weighted by Gasteiger charge is -2.30. The predicted molar refractivity (Wildman–Crippen MR) is 177 cm³/mol. The van der Waals surface area contributed by atoms with E-state index in [1.807, 2.05) is 68.4 Å². The summed E-state index contributed by atoms with van der Waals surface area (Å²) in [6.07, 6.45) is 1.54. The molecule has 0 saturated heterocycles. The van der Waals surface area contributed by atoms with Gasteiger partial charge in [-0.15, -0.1) is 0 Å². The lowest BCUT2D eigenvalue weighted by Crippen LogP contribution is -2.39. The summed E-state index contributed by atoms with van der Waals surface area (Å²) in [6, 6.07) is 19.1. The number of para-hydroxylation sites is 1. The summed E-state index contributed by atoms with van der Waals surface area (Å²) >= 11 is 0. The van der Waals surface area contributed by atoms with Crippen molar-refractivity contribution in [3.05, 3.63) is 72.6 Å². The lowest BCUT2D eigenvalue weighted by molar-refractivity contribution is -0.145. The van der Waals surface area contributed by atoms with Crippen LogP contribution in [0.2, 0.25) is 0 Å². The minimum absolute atomic E-state index is 0.0537. The number of nitrogens with one attached hydrogen (secondary N) is 1. The standard InChI is InChI=1S/C33H40N5O7P/c1-5-7-19-43-32(39)22(3)37-46(41,45-27-18-12-14-23-13-8-9-15-24(23)27)44-21-33(4,40)38-28(20-42-6-2)36-29-30(38)25-16-10-11-17-26(25)35-31(29)34/h8-18,22,40H,5-7,19-21H2,1-4H3,(H2,34,35)(H,37,41)/t22-,33?,46-/m0/s1. The van der Waals surface area contributed by atoms with Gasteiger partial charge in [0.05, 0.1) is 17.6 Å². The smallest absolute Gasteiger partial charge is 0.459 e. The van der Waals surface area contributed by atoms with Crippen molar-refractivity contribution in [3.63, 3.8) is 0 Å². The number of esters is 1. The Bertz CT molecular complexity index is 1890. The van der Waals surface area contributed by atoms with Crippen LogP contribution < -0.4 is 15.3 Å². The molecular formula is C33H40N5O7P. The fraction of sp³-hybridized carbons (Fsp3) is 0.364. The Hall–Kier alpha value is -4.06. The molecule has 0 amide bonds. The van der Waals surface area contributed by atoms with Gasteiger partial charge in [-0.05, 0) is 44.7 Å². The number of aliphatic hydroxyl groups is 1. The van der Waals surface area contributed by atoms with Gasteiger partial charge in [0, 0.05) is 17.4 Å². The third kappa shape index (κ3) is 7.16. The SMILES string of the molecule is CCCCOC(=O)[C@H](C)N[P@](=O)(OCC(C)(O)n1c(COCC)nc2c(N)nc3ccccc3c21)Oc1cccc2ccccc12. The molecule has 0 spiro atoms. The Kier molecular flexibility index (Phi) is 10.2.